The van der Waals surface area contributed by atoms with Gasteiger partial charge in [-0.15, -0.1) is 0 Å². The molecule has 0 unspecified atom stereocenters. The van der Waals surface area contributed by atoms with Crippen molar-refractivity contribution in [3.8, 4) is 11.5 Å². The lowest BCUT2D eigenvalue weighted by Gasteiger charge is -2.12. The molecule has 110 valence electrons. The van der Waals surface area contributed by atoms with Crippen molar-refractivity contribution in [1.29, 1.82) is 0 Å². The van der Waals surface area contributed by atoms with Gasteiger partial charge in [-0.25, -0.2) is 9.97 Å². The van der Waals surface area contributed by atoms with E-state index in [1.807, 2.05) is 18.2 Å². The first-order valence-corrected chi connectivity index (χ1v) is 6.71. The highest BCUT2D eigenvalue weighted by Crippen LogP contribution is 2.33. The van der Waals surface area contributed by atoms with Gasteiger partial charge in [0.15, 0.2) is 11.5 Å². The number of aromatic nitrogens is 2. The summed E-state index contributed by atoms with van der Waals surface area (Å²) in [4.78, 5) is 8.39. The van der Waals surface area contributed by atoms with Crippen molar-refractivity contribution in [3.05, 3.63) is 34.7 Å². The van der Waals surface area contributed by atoms with Crippen LogP contribution in [0.25, 0.3) is 0 Å². The second-order valence-corrected chi connectivity index (χ2v) is 4.79. The van der Waals surface area contributed by atoms with Gasteiger partial charge in [-0.2, -0.15) is 0 Å². The molecule has 1 aromatic heterocycles. The summed E-state index contributed by atoms with van der Waals surface area (Å²) in [6.07, 6.45) is 0. The molecule has 1 aliphatic heterocycles. The Hall–Kier alpha value is -2.05. The van der Waals surface area contributed by atoms with Crippen LogP contribution in [0, 0.1) is 0 Å². The van der Waals surface area contributed by atoms with Gasteiger partial charge in [-0.05, 0) is 23.7 Å². The van der Waals surface area contributed by atoms with E-state index in [2.05, 4.69) is 15.3 Å². The largest absolute Gasteiger partial charge is 0.493 e. The number of hydrogen-bond acceptors (Lipinski definition) is 6. The van der Waals surface area contributed by atoms with Crippen LogP contribution in [0.2, 0.25) is 5.28 Å². The van der Waals surface area contributed by atoms with Crippen LogP contribution in [-0.2, 0) is 18.0 Å². The number of ether oxygens (including phenoxy) is 3. The molecule has 0 radical (unpaired) electrons. The number of fused-ring (bicyclic) bond motifs is 1. The molecule has 1 N–H and O–H groups in total. The Morgan fingerprint density at radius 3 is 2.71 bits per heavy atom. The highest BCUT2D eigenvalue weighted by Gasteiger charge is 2.20. The van der Waals surface area contributed by atoms with Crippen LogP contribution in [0.4, 0.5) is 11.5 Å². The quantitative estimate of drug-likeness (QED) is 0.876. The van der Waals surface area contributed by atoms with Crippen molar-refractivity contribution in [2.24, 2.45) is 0 Å². The average Bonchev–Trinajstić information content (AvgIpc) is 2.95. The van der Waals surface area contributed by atoms with Crippen molar-refractivity contribution >= 4 is 23.1 Å². The molecule has 0 bridgehead atoms. The molecule has 0 atom stereocenters. The third-order valence-corrected chi connectivity index (χ3v) is 3.37. The van der Waals surface area contributed by atoms with Crippen LogP contribution in [-0.4, -0.2) is 24.2 Å². The van der Waals surface area contributed by atoms with E-state index in [1.165, 1.54) is 0 Å². The van der Waals surface area contributed by atoms with Crippen LogP contribution in [0.3, 0.4) is 0 Å². The normalized spacial score (nSPS) is 12.9. The minimum absolute atomic E-state index is 0.197. The van der Waals surface area contributed by atoms with E-state index >= 15 is 0 Å². The number of anilines is 2. The number of nitrogens with one attached hydrogen (secondary N) is 1. The standard InChI is InChI=1S/C14H14ClN3O3/c1-19-11-4-3-8(5-12(11)20-2)16-13-9-6-21-7-10(9)17-14(15)18-13/h3-5H,6-7H2,1-2H3,(H,16,17,18). The lowest BCUT2D eigenvalue weighted by molar-refractivity contribution is 0.133. The first-order chi connectivity index (χ1) is 10.2. The van der Waals surface area contributed by atoms with Gasteiger partial charge in [0.05, 0.1) is 33.1 Å². The van der Waals surface area contributed by atoms with Crippen LogP contribution in [0.1, 0.15) is 11.3 Å². The maximum atomic E-state index is 5.94. The Kier molecular flexibility index (Phi) is 3.81. The molecule has 3 rings (SSSR count). The number of rotatable bonds is 4. The van der Waals surface area contributed by atoms with Crippen LogP contribution >= 0.6 is 11.6 Å². The van der Waals surface area contributed by atoms with Crippen molar-refractivity contribution in [3.63, 3.8) is 0 Å². The van der Waals surface area contributed by atoms with E-state index in [1.54, 1.807) is 14.2 Å². The van der Waals surface area contributed by atoms with E-state index in [4.69, 9.17) is 25.8 Å². The Labute approximate surface area is 127 Å². The molecule has 21 heavy (non-hydrogen) atoms. The zero-order valence-corrected chi connectivity index (χ0v) is 12.4. The number of benzene rings is 1. The summed E-state index contributed by atoms with van der Waals surface area (Å²) in [7, 11) is 3.19. The first-order valence-electron chi connectivity index (χ1n) is 6.33. The second kappa shape index (κ2) is 5.75. The predicted octanol–water partition coefficient (Wildman–Crippen LogP) is 2.92. The minimum Gasteiger partial charge on any atom is -0.493 e. The molecule has 1 aliphatic rings. The van der Waals surface area contributed by atoms with Gasteiger partial charge in [0.2, 0.25) is 5.28 Å². The highest BCUT2D eigenvalue weighted by atomic mass is 35.5. The smallest absolute Gasteiger partial charge is 0.224 e. The minimum atomic E-state index is 0.197. The number of nitrogens with zero attached hydrogens (tertiary/aromatic N) is 2. The van der Waals surface area contributed by atoms with Gasteiger partial charge in [-0.1, -0.05) is 0 Å². The van der Waals surface area contributed by atoms with Gasteiger partial charge in [0.1, 0.15) is 5.82 Å². The third-order valence-electron chi connectivity index (χ3n) is 3.20. The van der Waals surface area contributed by atoms with Crippen LogP contribution in [0.15, 0.2) is 18.2 Å². The maximum absolute atomic E-state index is 5.94. The summed E-state index contributed by atoms with van der Waals surface area (Å²) in [5.41, 5.74) is 2.56. The maximum Gasteiger partial charge on any atom is 0.224 e. The summed E-state index contributed by atoms with van der Waals surface area (Å²) in [6, 6.07) is 5.53. The molecule has 0 spiro atoms. The van der Waals surface area contributed by atoms with E-state index in [0.717, 1.165) is 16.9 Å². The first kappa shape index (κ1) is 13.9. The topological polar surface area (TPSA) is 65.5 Å². The number of halogens is 1. The Morgan fingerprint density at radius 1 is 1.14 bits per heavy atom. The van der Waals surface area contributed by atoms with E-state index in [-0.39, 0.29) is 5.28 Å². The molecule has 0 saturated carbocycles. The zero-order chi connectivity index (χ0) is 14.8. The molecular weight excluding hydrogens is 294 g/mol. The zero-order valence-electron chi connectivity index (χ0n) is 11.6. The molecule has 6 nitrogen and oxygen atoms in total. The Balaban J connectivity index is 1.94. The van der Waals surface area contributed by atoms with Gasteiger partial charge in [0.25, 0.3) is 0 Å². The number of hydrogen-bond donors (Lipinski definition) is 1. The lowest BCUT2D eigenvalue weighted by Crippen LogP contribution is -2.02. The molecule has 0 amide bonds. The second-order valence-electron chi connectivity index (χ2n) is 4.45. The molecule has 0 saturated heterocycles. The van der Waals surface area contributed by atoms with Crippen LogP contribution < -0.4 is 14.8 Å². The molecule has 2 aromatic rings. The fraction of sp³-hybridized carbons (Fsp3) is 0.286. The van der Waals surface area contributed by atoms with Crippen molar-refractivity contribution in [1.82, 2.24) is 9.97 Å². The highest BCUT2D eigenvalue weighted by molar-refractivity contribution is 6.28. The molecule has 0 fully saturated rings. The third kappa shape index (κ3) is 2.72. The average molecular weight is 308 g/mol. The van der Waals surface area contributed by atoms with Crippen molar-refractivity contribution in [2.45, 2.75) is 13.2 Å². The fourth-order valence-electron chi connectivity index (χ4n) is 2.18. The predicted molar refractivity (Wildman–Crippen MR) is 78.4 cm³/mol. The summed E-state index contributed by atoms with van der Waals surface area (Å²) in [6.45, 7) is 0.931. The summed E-state index contributed by atoms with van der Waals surface area (Å²) >= 11 is 5.94. The summed E-state index contributed by atoms with van der Waals surface area (Å²) < 4.78 is 15.9. The molecular formula is C14H14ClN3O3. The fourth-order valence-corrected chi connectivity index (χ4v) is 2.36. The van der Waals surface area contributed by atoms with Crippen LogP contribution in [0.5, 0.6) is 11.5 Å². The number of methoxy groups -OCH3 is 2. The van der Waals surface area contributed by atoms with Crippen molar-refractivity contribution < 1.29 is 14.2 Å². The Bertz CT molecular complexity index is 679. The van der Waals surface area contributed by atoms with Gasteiger partial charge >= 0.3 is 0 Å². The van der Waals surface area contributed by atoms with Gasteiger partial charge in [0, 0.05) is 17.3 Å². The van der Waals surface area contributed by atoms with Crippen molar-refractivity contribution in [2.75, 3.05) is 19.5 Å². The van der Waals surface area contributed by atoms with E-state index in [9.17, 15) is 0 Å². The molecule has 0 aliphatic carbocycles. The van der Waals surface area contributed by atoms with Gasteiger partial charge < -0.3 is 19.5 Å². The molecule has 2 heterocycles. The SMILES string of the molecule is COc1ccc(Nc2nc(Cl)nc3c2COC3)cc1OC. The summed E-state index contributed by atoms with van der Waals surface area (Å²) in [5.74, 6) is 1.95. The monoisotopic (exact) mass is 307 g/mol. The van der Waals surface area contributed by atoms with Gasteiger partial charge in [-0.3, -0.25) is 0 Å². The van der Waals surface area contributed by atoms with E-state index in [0.29, 0.717) is 30.5 Å². The lowest BCUT2D eigenvalue weighted by atomic mass is 10.2. The molecule has 1 aromatic carbocycles. The van der Waals surface area contributed by atoms with E-state index < -0.39 is 0 Å². The Morgan fingerprint density at radius 2 is 1.95 bits per heavy atom. The summed E-state index contributed by atoms with van der Waals surface area (Å²) in [5, 5.41) is 3.42. The molecule has 7 heteroatoms.